The standard InChI is InChI=1S/C16H16F3N5O2S/c1-2-11-22-23-13(27-11)20-15(16(17,18)19)12(25)24(14(26)21-15)9-8-10-6-4-3-5-7-10/h3-7H,2,8-9H2,1H3,(H,20,23)(H,21,26)/t15-/m0/s1. The van der Waals surface area contributed by atoms with Crippen LogP contribution in [-0.4, -0.2) is 45.4 Å². The number of nitrogens with one attached hydrogen (secondary N) is 2. The number of rotatable bonds is 6. The fraction of sp³-hybridized carbons (Fsp3) is 0.375. The third kappa shape index (κ3) is 3.59. The molecule has 27 heavy (non-hydrogen) atoms. The SMILES string of the molecule is CCc1nnc(N[C@]2(C(F)(F)F)NC(=O)N(CCc3ccccc3)C2=O)s1. The molecule has 0 unspecified atom stereocenters. The molecule has 0 aliphatic carbocycles. The predicted octanol–water partition coefficient (Wildman–Crippen LogP) is 2.57. The van der Waals surface area contributed by atoms with E-state index in [4.69, 9.17) is 0 Å². The average molecular weight is 399 g/mol. The van der Waals surface area contributed by atoms with Crippen molar-refractivity contribution in [3.05, 3.63) is 40.9 Å². The van der Waals surface area contributed by atoms with Crippen LogP contribution in [0.3, 0.4) is 0 Å². The van der Waals surface area contributed by atoms with Gasteiger partial charge in [0.25, 0.3) is 11.6 Å². The number of imide groups is 1. The number of anilines is 1. The number of amides is 3. The van der Waals surface area contributed by atoms with Gasteiger partial charge in [0.15, 0.2) is 0 Å². The quantitative estimate of drug-likeness (QED) is 0.729. The van der Waals surface area contributed by atoms with Crippen LogP contribution < -0.4 is 10.6 Å². The highest BCUT2D eigenvalue weighted by molar-refractivity contribution is 7.15. The number of carbonyl (C=O) groups is 2. The summed E-state index contributed by atoms with van der Waals surface area (Å²) in [6, 6.07) is 7.75. The monoisotopic (exact) mass is 399 g/mol. The van der Waals surface area contributed by atoms with E-state index in [0.29, 0.717) is 16.3 Å². The molecule has 3 amide bonds. The van der Waals surface area contributed by atoms with E-state index in [1.165, 1.54) is 0 Å². The molecule has 2 aromatic rings. The van der Waals surface area contributed by atoms with Crippen LogP contribution in [0.25, 0.3) is 0 Å². The zero-order valence-corrected chi connectivity index (χ0v) is 15.0. The van der Waals surface area contributed by atoms with Crippen LogP contribution in [-0.2, 0) is 17.6 Å². The summed E-state index contributed by atoms with van der Waals surface area (Å²) in [5.74, 6) is -1.41. The van der Waals surface area contributed by atoms with Gasteiger partial charge in [0, 0.05) is 6.54 Å². The van der Waals surface area contributed by atoms with Crippen LogP contribution in [0.4, 0.5) is 23.1 Å². The summed E-state index contributed by atoms with van der Waals surface area (Å²) in [5, 5.41) is 11.5. The number of nitrogens with zero attached hydrogens (tertiary/aromatic N) is 3. The molecule has 1 aromatic carbocycles. The Balaban J connectivity index is 1.84. The molecule has 0 bridgehead atoms. The first-order valence-corrected chi connectivity index (χ1v) is 8.94. The Bertz CT molecular complexity index is 842. The lowest BCUT2D eigenvalue weighted by atomic mass is 10.1. The molecule has 1 fully saturated rings. The minimum Gasteiger partial charge on any atom is -0.322 e. The molecule has 11 heteroatoms. The number of aromatic nitrogens is 2. The van der Waals surface area contributed by atoms with Gasteiger partial charge in [-0.2, -0.15) is 13.2 Å². The Morgan fingerprint density at radius 2 is 1.93 bits per heavy atom. The summed E-state index contributed by atoms with van der Waals surface area (Å²) >= 11 is 0.894. The molecular formula is C16H16F3N5O2S. The zero-order chi connectivity index (χ0) is 19.7. The number of urea groups is 1. The third-order valence-electron chi connectivity index (χ3n) is 4.06. The van der Waals surface area contributed by atoms with Crippen molar-refractivity contribution in [2.75, 3.05) is 11.9 Å². The van der Waals surface area contributed by atoms with Crippen LogP contribution in [0, 0.1) is 0 Å². The van der Waals surface area contributed by atoms with Crippen molar-refractivity contribution in [1.29, 1.82) is 0 Å². The first kappa shape index (κ1) is 19.1. The van der Waals surface area contributed by atoms with Crippen LogP contribution in [0.5, 0.6) is 0 Å². The molecular weight excluding hydrogens is 383 g/mol. The zero-order valence-electron chi connectivity index (χ0n) is 14.2. The Hall–Kier alpha value is -2.69. The van der Waals surface area contributed by atoms with E-state index in [2.05, 4.69) is 15.5 Å². The Morgan fingerprint density at radius 3 is 2.52 bits per heavy atom. The second-order valence-corrected chi connectivity index (χ2v) is 6.91. The van der Waals surface area contributed by atoms with Crippen LogP contribution >= 0.6 is 11.3 Å². The predicted molar refractivity (Wildman–Crippen MR) is 92.1 cm³/mol. The lowest BCUT2D eigenvalue weighted by Crippen LogP contribution is -2.64. The van der Waals surface area contributed by atoms with Gasteiger partial charge in [0.1, 0.15) is 5.01 Å². The van der Waals surface area contributed by atoms with E-state index in [9.17, 15) is 22.8 Å². The number of carbonyl (C=O) groups excluding carboxylic acids is 2. The first-order chi connectivity index (χ1) is 12.8. The molecule has 1 aromatic heterocycles. The maximum Gasteiger partial charge on any atom is 0.440 e. The minimum absolute atomic E-state index is 0.176. The second kappa shape index (κ2) is 7.14. The first-order valence-electron chi connectivity index (χ1n) is 8.12. The molecule has 1 aliphatic rings. The van der Waals surface area contributed by atoms with Crippen molar-refractivity contribution >= 4 is 28.4 Å². The molecule has 1 saturated heterocycles. The maximum absolute atomic E-state index is 13.8. The maximum atomic E-state index is 13.8. The molecule has 7 nitrogen and oxygen atoms in total. The topological polar surface area (TPSA) is 87.2 Å². The van der Waals surface area contributed by atoms with E-state index in [-0.39, 0.29) is 18.1 Å². The van der Waals surface area contributed by atoms with Crippen molar-refractivity contribution in [1.82, 2.24) is 20.4 Å². The fourth-order valence-corrected chi connectivity index (χ4v) is 3.35. The third-order valence-corrected chi connectivity index (χ3v) is 5.04. The number of alkyl halides is 3. The lowest BCUT2D eigenvalue weighted by molar-refractivity contribution is -0.188. The summed E-state index contributed by atoms with van der Waals surface area (Å²) in [5.41, 5.74) is -2.46. The molecule has 2 heterocycles. The molecule has 0 spiro atoms. The summed E-state index contributed by atoms with van der Waals surface area (Å²) in [7, 11) is 0. The van der Waals surface area contributed by atoms with E-state index in [1.807, 2.05) is 0 Å². The van der Waals surface area contributed by atoms with Gasteiger partial charge in [-0.1, -0.05) is 48.6 Å². The Labute approximate surface area is 156 Å². The molecule has 3 rings (SSSR count). The van der Waals surface area contributed by atoms with Crippen LogP contribution in [0.1, 0.15) is 17.5 Å². The van der Waals surface area contributed by atoms with Crippen LogP contribution in [0.15, 0.2) is 30.3 Å². The van der Waals surface area contributed by atoms with Gasteiger partial charge in [0.2, 0.25) is 5.13 Å². The van der Waals surface area contributed by atoms with Crippen LogP contribution in [0.2, 0.25) is 0 Å². The smallest absolute Gasteiger partial charge is 0.322 e. The molecule has 0 radical (unpaired) electrons. The summed E-state index contributed by atoms with van der Waals surface area (Å²) < 4.78 is 41.3. The lowest BCUT2D eigenvalue weighted by Gasteiger charge is -2.29. The minimum atomic E-state index is -5.07. The normalized spacial score (nSPS) is 20.1. The van der Waals surface area contributed by atoms with Gasteiger partial charge < -0.3 is 5.32 Å². The van der Waals surface area contributed by atoms with Gasteiger partial charge in [-0.05, 0) is 18.4 Å². The average Bonchev–Trinajstić information content (AvgIpc) is 3.17. The summed E-state index contributed by atoms with van der Waals surface area (Å²) in [6.45, 7) is 1.60. The van der Waals surface area contributed by atoms with Crippen molar-refractivity contribution in [3.8, 4) is 0 Å². The number of halogens is 3. The van der Waals surface area contributed by atoms with Gasteiger partial charge >= 0.3 is 12.2 Å². The van der Waals surface area contributed by atoms with Gasteiger partial charge in [-0.3, -0.25) is 15.0 Å². The number of aryl methyl sites for hydroxylation is 1. The van der Waals surface area contributed by atoms with Gasteiger partial charge in [-0.25, -0.2) is 4.79 Å². The Morgan fingerprint density at radius 1 is 1.22 bits per heavy atom. The molecule has 2 N–H and O–H groups in total. The fourth-order valence-electron chi connectivity index (χ4n) is 2.62. The largest absolute Gasteiger partial charge is 0.440 e. The van der Waals surface area contributed by atoms with Gasteiger partial charge in [-0.15, -0.1) is 10.2 Å². The van der Waals surface area contributed by atoms with E-state index in [0.717, 1.165) is 16.9 Å². The summed E-state index contributed by atoms with van der Waals surface area (Å²) in [4.78, 5) is 25.3. The molecule has 0 saturated carbocycles. The van der Waals surface area contributed by atoms with E-state index in [1.54, 1.807) is 42.6 Å². The van der Waals surface area contributed by atoms with Crippen molar-refractivity contribution < 1.29 is 22.8 Å². The second-order valence-electron chi connectivity index (χ2n) is 5.85. The number of hydrogen-bond donors (Lipinski definition) is 2. The van der Waals surface area contributed by atoms with E-state index >= 15 is 0 Å². The number of hydrogen-bond acceptors (Lipinski definition) is 6. The molecule has 1 aliphatic heterocycles. The highest BCUT2D eigenvalue weighted by Gasteiger charge is 2.68. The van der Waals surface area contributed by atoms with Crippen molar-refractivity contribution in [2.45, 2.75) is 31.6 Å². The highest BCUT2D eigenvalue weighted by Crippen LogP contribution is 2.37. The van der Waals surface area contributed by atoms with Gasteiger partial charge in [0.05, 0.1) is 0 Å². The molecule has 144 valence electrons. The van der Waals surface area contributed by atoms with Crippen molar-refractivity contribution in [2.24, 2.45) is 0 Å². The van der Waals surface area contributed by atoms with E-state index < -0.39 is 23.8 Å². The highest BCUT2D eigenvalue weighted by atomic mass is 32.1. The Kier molecular flexibility index (Phi) is 5.05. The molecule has 1 atom stereocenters. The number of benzene rings is 1. The van der Waals surface area contributed by atoms with Crippen molar-refractivity contribution in [3.63, 3.8) is 0 Å². The summed E-state index contributed by atoms with van der Waals surface area (Å²) in [6.07, 6.45) is -4.34.